The Morgan fingerprint density at radius 1 is 0.864 bits per heavy atom. The second-order valence-corrected chi connectivity index (χ2v) is 9.12. The van der Waals surface area contributed by atoms with Crippen LogP contribution in [0.25, 0.3) is 0 Å². The normalized spacial score (nSPS) is 12.4. The van der Waals surface area contributed by atoms with Crippen LogP contribution in [0.1, 0.15) is 25.0 Å². The van der Waals surface area contributed by atoms with Gasteiger partial charge in [-0.05, 0) is 37.1 Å². The van der Waals surface area contributed by atoms with Crippen LogP contribution < -0.4 is 0 Å². The zero-order chi connectivity index (χ0) is 16.5. The van der Waals surface area contributed by atoms with E-state index >= 15 is 0 Å². The van der Waals surface area contributed by atoms with Gasteiger partial charge < -0.3 is 0 Å². The van der Waals surface area contributed by atoms with Crippen molar-refractivity contribution in [3.05, 3.63) is 57.6 Å². The summed E-state index contributed by atoms with van der Waals surface area (Å²) < 4.78 is 1.61. The Morgan fingerprint density at radius 3 is 1.45 bits per heavy atom. The number of allylic oxidation sites excluding steroid dienone is 2. The Hall–Kier alpha value is 0.160. The van der Waals surface area contributed by atoms with E-state index in [1.165, 1.54) is 11.1 Å². The van der Waals surface area contributed by atoms with E-state index in [0.29, 0.717) is 10.1 Å². The van der Waals surface area contributed by atoms with Crippen molar-refractivity contribution in [1.82, 2.24) is 0 Å². The minimum absolute atomic E-state index is 0.710. The summed E-state index contributed by atoms with van der Waals surface area (Å²) >= 11 is 25.3. The number of thiocarbonyl (C=S) groups is 2. The molecule has 1 rings (SSSR count). The molecule has 0 fully saturated rings. The van der Waals surface area contributed by atoms with Crippen molar-refractivity contribution in [2.45, 2.75) is 25.4 Å². The fraction of sp³-hybridized carbons (Fsp3) is 0.250. The summed E-state index contributed by atoms with van der Waals surface area (Å²) in [6.07, 6.45) is 3.61. The second-order valence-electron chi connectivity index (χ2n) is 4.49. The molecular weight excluding hydrogens is 391 g/mol. The molecular formula is C16H16Cl2S4. The highest BCUT2D eigenvalue weighted by Crippen LogP contribution is 2.20. The number of rotatable bonds is 6. The van der Waals surface area contributed by atoms with E-state index in [1.54, 1.807) is 35.7 Å². The maximum Gasteiger partial charge on any atom is 0.0720 e. The lowest BCUT2D eigenvalue weighted by atomic mass is 10.2. The molecule has 0 nitrogen and oxygen atoms in total. The zero-order valence-corrected chi connectivity index (χ0v) is 17.0. The van der Waals surface area contributed by atoms with Crippen molar-refractivity contribution < 1.29 is 0 Å². The molecule has 0 N–H and O–H groups in total. The molecule has 0 heterocycles. The first kappa shape index (κ1) is 20.2. The number of hydrogen-bond donors (Lipinski definition) is 0. The fourth-order valence-electron chi connectivity index (χ4n) is 1.45. The Bertz CT molecular complexity index is 528. The van der Waals surface area contributed by atoms with Gasteiger partial charge in [0.05, 0.1) is 8.39 Å². The number of halogens is 2. The van der Waals surface area contributed by atoms with Gasteiger partial charge in [-0.1, -0.05) is 71.9 Å². The molecule has 6 heteroatoms. The lowest BCUT2D eigenvalue weighted by molar-refractivity contribution is 1.35. The van der Waals surface area contributed by atoms with Crippen LogP contribution in [0.5, 0.6) is 0 Å². The molecule has 0 atom stereocenters. The molecule has 0 saturated heterocycles. The third-order valence-corrected chi connectivity index (χ3v) is 5.34. The van der Waals surface area contributed by atoms with Crippen LogP contribution in [0.3, 0.4) is 0 Å². The Morgan fingerprint density at radius 2 is 1.18 bits per heavy atom. The van der Waals surface area contributed by atoms with Gasteiger partial charge in [0, 0.05) is 21.6 Å². The SMILES string of the molecule is CC(Cl)=CC(=S)SCc1ccc(CSC(=S)C=C(C)Cl)cc1. The highest BCUT2D eigenvalue weighted by atomic mass is 35.5. The van der Waals surface area contributed by atoms with E-state index in [0.717, 1.165) is 19.9 Å². The maximum atomic E-state index is 5.80. The van der Waals surface area contributed by atoms with E-state index in [9.17, 15) is 0 Å². The average Bonchev–Trinajstić information content (AvgIpc) is 2.42. The van der Waals surface area contributed by atoms with E-state index in [4.69, 9.17) is 47.6 Å². The molecule has 0 radical (unpaired) electrons. The first-order valence-corrected chi connectivity index (χ1v) is 10.00. The topological polar surface area (TPSA) is 0 Å². The summed E-state index contributed by atoms with van der Waals surface area (Å²) in [6, 6.07) is 8.48. The molecule has 1 aromatic rings. The van der Waals surface area contributed by atoms with E-state index < -0.39 is 0 Å². The molecule has 0 aromatic heterocycles. The fourth-order valence-corrected chi connectivity index (χ4v) is 4.16. The van der Waals surface area contributed by atoms with Crippen LogP contribution in [0.4, 0.5) is 0 Å². The summed E-state index contributed by atoms with van der Waals surface area (Å²) in [4.78, 5) is 0. The molecule has 0 bridgehead atoms. The monoisotopic (exact) mass is 406 g/mol. The number of thioether (sulfide) groups is 2. The van der Waals surface area contributed by atoms with Crippen LogP contribution in [0, 0.1) is 0 Å². The summed E-state index contributed by atoms with van der Waals surface area (Å²) in [5.74, 6) is 1.69. The van der Waals surface area contributed by atoms with Crippen molar-refractivity contribution >= 4 is 79.6 Å². The highest BCUT2D eigenvalue weighted by Gasteiger charge is 2.00. The molecule has 0 unspecified atom stereocenters. The van der Waals surface area contributed by atoms with Crippen LogP contribution in [-0.4, -0.2) is 8.39 Å². The quantitative estimate of drug-likeness (QED) is 0.364. The third-order valence-electron chi connectivity index (χ3n) is 2.42. The van der Waals surface area contributed by atoms with Crippen LogP contribution >= 0.6 is 71.2 Å². The van der Waals surface area contributed by atoms with Crippen LogP contribution in [-0.2, 0) is 11.5 Å². The predicted molar refractivity (Wildman–Crippen MR) is 113 cm³/mol. The molecule has 0 aliphatic carbocycles. The van der Waals surface area contributed by atoms with Crippen LogP contribution in [0.2, 0.25) is 0 Å². The minimum Gasteiger partial charge on any atom is -0.110 e. The van der Waals surface area contributed by atoms with Gasteiger partial charge in [-0.2, -0.15) is 0 Å². The summed E-state index contributed by atoms with van der Waals surface area (Å²) in [7, 11) is 0. The standard InChI is InChI=1S/C16H16Cl2S4/c1-11(17)7-15(19)21-9-13-3-5-14(6-4-13)10-22-16(20)8-12(2)18/h3-8H,9-10H2,1-2H3. The molecule has 0 saturated carbocycles. The van der Waals surface area contributed by atoms with Gasteiger partial charge in [0.25, 0.3) is 0 Å². The Labute approximate surface area is 161 Å². The van der Waals surface area contributed by atoms with Crippen molar-refractivity contribution in [2.24, 2.45) is 0 Å². The second kappa shape index (κ2) is 10.8. The molecule has 0 aliphatic heterocycles. The highest BCUT2D eigenvalue weighted by molar-refractivity contribution is 8.23. The van der Waals surface area contributed by atoms with Crippen LogP contribution in [0.15, 0.2) is 46.5 Å². The molecule has 118 valence electrons. The lowest BCUT2D eigenvalue weighted by Crippen LogP contribution is -1.89. The maximum absolute atomic E-state index is 5.80. The molecule has 22 heavy (non-hydrogen) atoms. The van der Waals surface area contributed by atoms with Crippen molar-refractivity contribution in [2.75, 3.05) is 0 Å². The number of benzene rings is 1. The molecule has 1 aromatic carbocycles. The van der Waals surface area contributed by atoms with Gasteiger partial charge in [0.2, 0.25) is 0 Å². The van der Waals surface area contributed by atoms with Gasteiger partial charge in [-0.15, -0.1) is 23.5 Å². The van der Waals surface area contributed by atoms with Gasteiger partial charge in [0.1, 0.15) is 0 Å². The Balaban J connectivity index is 2.46. The minimum atomic E-state index is 0.710. The lowest BCUT2D eigenvalue weighted by Gasteiger charge is -2.04. The van der Waals surface area contributed by atoms with Gasteiger partial charge in [-0.3, -0.25) is 0 Å². The van der Waals surface area contributed by atoms with Crippen molar-refractivity contribution in [3.63, 3.8) is 0 Å². The third kappa shape index (κ3) is 9.33. The molecule has 0 amide bonds. The predicted octanol–water partition coefficient (Wildman–Crippen LogP) is 7.09. The largest absolute Gasteiger partial charge is 0.110 e. The molecule has 0 aliphatic rings. The summed E-state index contributed by atoms with van der Waals surface area (Å²) in [5.41, 5.74) is 2.47. The zero-order valence-electron chi connectivity index (χ0n) is 12.3. The first-order chi connectivity index (χ1) is 10.4. The van der Waals surface area contributed by atoms with E-state index in [1.807, 2.05) is 13.8 Å². The average molecular weight is 407 g/mol. The van der Waals surface area contributed by atoms with E-state index in [2.05, 4.69) is 24.3 Å². The van der Waals surface area contributed by atoms with E-state index in [-0.39, 0.29) is 0 Å². The number of hydrogen-bond acceptors (Lipinski definition) is 4. The summed E-state index contributed by atoms with van der Waals surface area (Å²) in [5, 5.41) is 1.42. The Kier molecular flexibility index (Phi) is 9.96. The first-order valence-electron chi connectivity index (χ1n) is 6.45. The van der Waals surface area contributed by atoms with Gasteiger partial charge in [0.15, 0.2) is 0 Å². The molecule has 0 spiro atoms. The smallest absolute Gasteiger partial charge is 0.0720 e. The van der Waals surface area contributed by atoms with Crippen molar-refractivity contribution in [1.29, 1.82) is 0 Å². The van der Waals surface area contributed by atoms with Crippen molar-refractivity contribution in [3.8, 4) is 0 Å². The van der Waals surface area contributed by atoms with Gasteiger partial charge in [-0.25, -0.2) is 0 Å². The summed E-state index contributed by atoms with van der Waals surface area (Å²) in [6.45, 7) is 3.65. The van der Waals surface area contributed by atoms with Gasteiger partial charge >= 0.3 is 0 Å².